The first-order valence-electron chi connectivity index (χ1n) is 6.32. The van der Waals surface area contributed by atoms with Gasteiger partial charge in [0.05, 0.1) is 12.7 Å². The number of aryl methyl sites for hydroxylation is 1. The van der Waals surface area contributed by atoms with Crippen LogP contribution in [0.3, 0.4) is 0 Å². The van der Waals surface area contributed by atoms with Crippen molar-refractivity contribution in [1.82, 2.24) is 0 Å². The Hall–Kier alpha value is -1.97. The van der Waals surface area contributed by atoms with Crippen LogP contribution in [0, 0.1) is 6.92 Å². The molecule has 0 aliphatic heterocycles. The Bertz CT molecular complexity index is 505. The number of esters is 1. The van der Waals surface area contributed by atoms with Crippen LogP contribution in [-0.2, 0) is 4.74 Å². The topological polar surface area (TPSA) is 51.0 Å². The van der Waals surface area contributed by atoms with Crippen LogP contribution in [0.1, 0.15) is 41.3 Å². The summed E-state index contributed by atoms with van der Waals surface area (Å²) in [5.74, 6) is 0.349. The molecule has 0 aliphatic rings. The first-order valence-corrected chi connectivity index (χ1v) is 6.32. The van der Waals surface area contributed by atoms with E-state index < -0.39 is 0 Å². The molecule has 0 amide bonds. The largest absolute Gasteiger partial charge is 0.465 e. The van der Waals surface area contributed by atoms with Gasteiger partial charge in [0.15, 0.2) is 5.84 Å². The maximum Gasteiger partial charge on any atom is 0.337 e. The van der Waals surface area contributed by atoms with E-state index in [4.69, 9.17) is 4.74 Å². The molecule has 0 heterocycles. The maximum absolute atomic E-state index is 11.4. The van der Waals surface area contributed by atoms with Crippen LogP contribution in [0.4, 0.5) is 0 Å². The number of hydrogen-bond acceptors (Lipinski definition) is 3. The molecule has 0 fully saturated rings. The third-order valence-corrected chi connectivity index (χ3v) is 2.73. The monoisotopic (exact) mass is 260 g/mol. The van der Waals surface area contributed by atoms with E-state index in [0.29, 0.717) is 11.4 Å². The van der Waals surface area contributed by atoms with Crippen molar-refractivity contribution >= 4 is 18.0 Å². The van der Waals surface area contributed by atoms with Gasteiger partial charge >= 0.3 is 5.97 Å². The van der Waals surface area contributed by atoms with Gasteiger partial charge in [-0.2, -0.15) is 0 Å². The summed E-state index contributed by atoms with van der Waals surface area (Å²) in [6.45, 7) is 4.04. The highest BCUT2D eigenvalue weighted by Gasteiger charge is 2.10. The van der Waals surface area contributed by atoms with Crippen LogP contribution in [0.15, 0.2) is 28.2 Å². The Morgan fingerprint density at radius 3 is 2.68 bits per heavy atom. The summed E-state index contributed by atoms with van der Waals surface area (Å²) in [6, 6.07) is 5.38. The number of amidine groups is 1. The van der Waals surface area contributed by atoms with Crippen LogP contribution in [0.5, 0.6) is 0 Å². The molecular weight excluding hydrogens is 240 g/mol. The molecule has 0 atom stereocenters. The lowest BCUT2D eigenvalue weighted by atomic mass is 10.0. The van der Waals surface area contributed by atoms with Gasteiger partial charge in [-0.3, -0.25) is 4.99 Å². The molecular formula is C15H20N2O2. The van der Waals surface area contributed by atoms with Gasteiger partial charge in [-0.25, -0.2) is 9.79 Å². The maximum atomic E-state index is 11.4. The molecule has 102 valence electrons. The number of hydrogen-bond donors (Lipinski definition) is 0. The quantitative estimate of drug-likeness (QED) is 0.474. The number of unbranched alkanes of at least 4 members (excludes halogenated alkanes) is 1. The summed E-state index contributed by atoms with van der Waals surface area (Å²) in [6.07, 6.45) is 3.86. The van der Waals surface area contributed by atoms with E-state index in [0.717, 1.165) is 24.0 Å². The van der Waals surface area contributed by atoms with Gasteiger partial charge in [-0.1, -0.05) is 19.4 Å². The minimum atomic E-state index is -0.334. The molecule has 0 aliphatic carbocycles. The lowest BCUT2D eigenvalue weighted by Crippen LogP contribution is -2.05. The molecule has 4 heteroatoms. The van der Waals surface area contributed by atoms with Crippen molar-refractivity contribution in [2.75, 3.05) is 14.2 Å². The predicted molar refractivity (Wildman–Crippen MR) is 78.4 cm³/mol. The van der Waals surface area contributed by atoms with Crippen LogP contribution in [0.2, 0.25) is 0 Å². The molecule has 19 heavy (non-hydrogen) atoms. The number of carbonyl (C=O) groups is 1. The second-order valence-corrected chi connectivity index (χ2v) is 4.17. The number of methoxy groups -OCH3 is 1. The molecule has 0 N–H and O–H groups in total. The van der Waals surface area contributed by atoms with Gasteiger partial charge < -0.3 is 4.74 Å². The molecule has 0 spiro atoms. The number of carbonyl (C=O) groups excluding carboxylic acids is 1. The summed E-state index contributed by atoms with van der Waals surface area (Å²) in [4.78, 5) is 20.0. The Kier molecular flexibility index (Phi) is 5.93. The van der Waals surface area contributed by atoms with Gasteiger partial charge in [-0.15, -0.1) is 0 Å². The van der Waals surface area contributed by atoms with E-state index in [1.54, 1.807) is 19.2 Å². The van der Waals surface area contributed by atoms with E-state index in [2.05, 4.69) is 16.9 Å². The van der Waals surface area contributed by atoms with Crippen molar-refractivity contribution in [3.63, 3.8) is 0 Å². The molecule has 0 radical (unpaired) electrons. The van der Waals surface area contributed by atoms with E-state index in [9.17, 15) is 4.79 Å². The lowest BCUT2D eigenvalue weighted by Gasteiger charge is -2.07. The van der Waals surface area contributed by atoms with Crippen molar-refractivity contribution in [2.45, 2.75) is 26.7 Å². The van der Waals surface area contributed by atoms with Gasteiger partial charge in [-0.05, 0) is 31.0 Å². The zero-order valence-corrected chi connectivity index (χ0v) is 11.9. The zero-order valence-electron chi connectivity index (χ0n) is 11.9. The second kappa shape index (κ2) is 7.46. The number of rotatable bonds is 4. The van der Waals surface area contributed by atoms with E-state index in [-0.39, 0.29) is 5.97 Å². The smallest absolute Gasteiger partial charge is 0.337 e. The number of ether oxygens (including phenoxy) is 1. The normalized spacial score (nSPS) is 11.9. The van der Waals surface area contributed by atoms with Crippen molar-refractivity contribution < 1.29 is 9.53 Å². The van der Waals surface area contributed by atoms with Crippen molar-refractivity contribution in [3.05, 3.63) is 34.9 Å². The average Bonchev–Trinajstić information content (AvgIpc) is 2.43. The van der Waals surface area contributed by atoms with Crippen LogP contribution < -0.4 is 0 Å². The zero-order chi connectivity index (χ0) is 14.3. The fourth-order valence-corrected chi connectivity index (χ4v) is 1.69. The fraction of sp³-hybridized carbons (Fsp3) is 0.400. The van der Waals surface area contributed by atoms with Crippen LogP contribution in [0.25, 0.3) is 0 Å². The van der Waals surface area contributed by atoms with Crippen molar-refractivity contribution in [2.24, 2.45) is 9.98 Å². The highest BCUT2D eigenvalue weighted by molar-refractivity contribution is 6.04. The average molecular weight is 260 g/mol. The summed E-state index contributed by atoms with van der Waals surface area (Å²) < 4.78 is 4.70. The van der Waals surface area contributed by atoms with Gasteiger partial charge in [0.25, 0.3) is 0 Å². The molecule has 0 unspecified atom stereocenters. The lowest BCUT2D eigenvalue weighted by molar-refractivity contribution is 0.0600. The molecule has 1 aromatic carbocycles. The number of nitrogens with zero attached hydrogens (tertiary/aromatic N) is 2. The van der Waals surface area contributed by atoms with Gasteiger partial charge in [0, 0.05) is 18.8 Å². The molecule has 0 bridgehead atoms. The van der Waals surface area contributed by atoms with Gasteiger partial charge in [0.1, 0.15) is 0 Å². The standard InChI is InChI=1S/C15H20N2O2/c1-5-6-9-17-14(16-3)13-8-7-12(10-11(13)2)15(18)19-4/h7-10H,5-6H2,1-4H3. The Morgan fingerprint density at radius 2 is 2.16 bits per heavy atom. The van der Waals surface area contributed by atoms with Crippen LogP contribution >= 0.6 is 0 Å². The minimum Gasteiger partial charge on any atom is -0.465 e. The molecule has 0 aromatic heterocycles. The number of aliphatic imine (C=N–C) groups is 2. The third kappa shape index (κ3) is 4.02. The summed E-state index contributed by atoms with van der Waals surface area (Å²) in [7, 11) is 3.09. The predicted octanol–water partition coefficient (Wildman–Crippen LogP) is 3.03. The van der Waals surface area contributed by atoms with Crippen LogP contribution in [-0.4, -0.2) is 32.2 Å². The van der Waals surface area contributed by atoms with E-state index in [1.165, 1.54) is 7.11 Å². The Morgan fingerprint density at radius 1 is 1.42 bits per heavy atom. The molecule has 4 nitrogen and oxygen atoms in total. The fourth-order valence-electron chi connectivity index (χ4n) is 1.69. The summed E-state index contributed by atoms with van der Waals surface area (Å²) in [5.41, 5.74) is 2.43. The first-order chi connectivity index (χ1) is 9.13. The molecule has 1 aromatic rings. The summed E-state index contributed by atoms with van der Waals surface area (Å²) in [5, 5.41) is 0. The third-order valence-electron chi connectivity index (χ3n) is 2.73. The SMILES string of the molecule is CCCC=NC(=NC)c1ccc(C(=O)OC)cc1C. The highest BCUT2D eigenvalue weighted by atomic mass is 16.5. The highest BCUT2D eigenvalue weighted by Crippen LogP contribution is 2.14. The molecule has 1 rings (SSSR count). The van der Waals surface area contributed by atoms with E-state index >= 15 is 0 Å². The van der Waals surface area contributed by atoms with E-state index in [1.807, 2.05) is 19.2 Å². The second-order valence-electron chi connectivity index (χ2n) is 4.17. The minimum absolute atomic E-state index is 0.334. The number of benzene rings is 1. The van der Waals surface area contributed by atoms with Crippen molar-refractivity contribution in [1.29, 1.82) is 0 Å². The molecule has 0 saturated carbocycles. The molecule has 0 saturated heterocycles. The summed E-state index contributed by atoms with van der Waals surface area (Å²) >= 11 is 0. The Labute approximate surface area is 114 Å². The Balaban J connectivity index is 3.04. The van der Waals surface area contributed by atoms with Crippen molar-refractivity contribution in [3.8, 4) is 0 Å². The van der Waals surface area contributed by atoms with Gasteiger partial charge in [0.2, 0.25) is 0 Å². The first kappa shape index (κ1) is 15.1.